The molecule has 0 aromatic heterocycles. The van der Waals surface area contributed by atoms with Gasteiger partial charge in [0.1, 0.15) is 0 Å². The Balaban J connectivity index is 2.04. The van der Waals surface area contributed by atoms with Gasteiger partial charge >= 0.3 is 0 Å². The van der Waals surface area contributed by atoms with E-state index in [2.05, 4.69) is 15.9 Å². The van der Waals surface area contributed by atoms with Crippen LogP contribution in [0.1, 0.15) is 12.8 Å². The van der Waals surface area contributed by atoms with E-state index in [1.54, 1.807) is 18.2 Å². The number of hydrogen-bond acceptors (Lipinski definition) is 2. The summed E-state index contributed by atoms with van der Waals surface area (Å²) in [7, 11) is 0. The number of carbonyl (C=O) groups excluding carboxylic acids is 2. The Bertz CT molecular complexity index is 573. The zero-order valence-corrected chi connectivity index (χ0v) is 12.3. The molecule has 2 aliphatic rings. The number of amides is 2. The highest BCUT2D eigenvalue weighted by Gasteiger charge is 2.48. The molecule has 1 aliphatic carbocycles. The maximum absolute atomic E-state index is 12.4. The Morgan fingerprint density at radius 1 is 1.11 bits per heavy atom. The van der Waals surface area contributed by atoms with Gasteiger partial charge in [0, 0.05) is 4.47 Å². The lowest BCUT2D eigenvalue weighted by Gasteiger charge is -2.16. The number of anilines is 1. The fraction of sp³-hybridized carbons (Fsp3) is 0.286. The molecule has 1 heterocycles. The van der Waals surface area contributed by atoms with Gasteiger partial charge < -0.3 is 0 Å². The van der Waals surface area contributed by atoms with Gasteiger partial charge in [-0.1, -0.05) is 39.7 Å². The smallest absolute Gasteiger partial charge is 0.238 e. The summed E-state index contributed by atoms with van der Waals surface area (Å²) in [6.45, 7) is 0. The van der Waals surface area contributed by atoms with Gasteiger partial charge in [0.15, 0.2) is 0 Å². The molecule has 1 saturated heterocycles. The lowest BCUT2D eigenvalue weighted by atomic mass is 9.85. The predicted molar refractivity (Wildman–Crippen MR) is 77.0 cm³/mol. The number of fused-ring (bicyclic) bond motifs is 1. The van der Waals surface area contributed by atoms with Gasteiger partial charge in [0.25, 0.3) is 0 Å². The fourth-order valence-electron chi connectivity index (χ4n) is 2.69. The highest BCUT2D eigenvalue weighted by Crippen LogP contribution is 2.40. The molecule has 1 aromatic rings. The topological polar surface area (TPSA) is 37.4 Å². The van der Waals surface area contributed by atoms with Crippen LogP contribution in [0.5, 0.6) is 0 Å². The van der Waals surface area contributed by atoms with E-state index in [1.165, 1.54) is 4.90 Å². The summed E-state index contributed by atoms with van der Waals surface area (Å²) in [4.78, 5) is 26.1. The quantitative estimate of drug-likeness (QED) is 0.579. The van der Waals surface area contributed by atoms with Crippen molar-refractivity contribution in [2.45, 2.75) is 12.8 Å². The summed E-state index contributed by atoms with van der Waals surface area (Å²) in [6, 6.07) is 5.18. The summed E-state index contributed by atoms with van der Waals surface area (Å²) in [5.41, 5.74) is 0.473. The van der Waals surface area contributed by atoms with Crippen LogP contribution in [-0.4, -0.2) is 11.8 Å². The van der Waals surface area contributed by atoms with Gasteiger partial charge in [0.2, 0.25) is 11.8 Å². The van der Waals surface area contributed by atoms with Gasteiger partial charge in [-0.3, -0.25) is 9.59 Å². The number of benzene rings is 1. The summed E-state index contributed by atoms with van der Waals surface area (Å²) in [5, 5.41) is 0.413. The first-order valence-electron chi connectivity index (χ1n) is 6.07. The van der Waals surface area contributed by atoms with Crippen molar-refractivity contribution in [2.24, 2.45) is 11.8 Å². The third-order valence-corrected chi connectivity index (χ3v) is 4.47. The first-order chi connectivity index (χ1) is 9.09. The van der Waals surface area contributed by atoms with E-state index in [-0.39, 0.29) is 23.7 Å². The van der Waals surface area contributed by atoms with Gasteiger partial charge in [-0.2, -0.15) is 0 Å². The molecule has 0 bridgehead atoms. The van der Waals surface area contributed by atoms with Crippen LogP contribution in [0, 0.1) is 11.8 Å². The van der Waals surface area contributed by atoms with Crippen LogP contribution in [-0.2, 0) is 9.59 Å². The molecule has 1 aliphatic heterocycles. The molecule has 0 radical (unpaired) electrons. The zero-order chi connectivity index (χ0) is 13.6. The summed E-state index contributed by atoms with van der Waals surface area (Å²) in [6.07, 6.45) is 5.21. The van der Waals surface area contributed by atoms with E-state index in [0.717, 1.165) is 4.47 Å². The Labute approximate surface area is 124 Å². The molecule has 5 heteroatoms. The second kappa shape index (κ2) is 4.76. The number of rotatable bonds is 1. The lowest BCUT2D eigenvalue weighted by Crippen LogP contribution is -2.31. The number of carbonyl (C=O) groups is 2. The highest BCUT2D eigenvalue weighted by molar-refractivity contribution is 9.10. The van der Waals surface area contributed by atoms with Gasteiger partial charge in [0.05, 0.1) is 22.5 Å². The lowest BCUT2D eigenvalue weighted by molar-refractivity contribution is -0.122. The van der Waals surface area contributed by atoms with E-state index in [1.807, 2.05) is 12.2 Å². The van der Waals surface area contributed by atoms with Crippen LogP contribution in [0.4, 0.5) is 5.69 Å². The van der Waals surface area contributed by atoms with Crippen LogP contribution in [0.15, 0.2) is 34.8 Å². The molecule has 19 heavy (non-hydrogen) atoms. The monoisotopic (exact) mass is 339 g/mol. The van der Waals surface area contributed by atoms with E-state index in [4.69, 9.17) is 11.6 Å². The number of halogens is 2. The maximum atomic E-state index is 12.4. The number of nitrogens with zero attached hydrogens (tertiary/aromatic N) is 1. The minimum atomic E-state index is -0.229. The van der Waals surface area contributed by atoms with Gasteiger partial charge in [-0.05, 0) is 31.0 Å². The SMILES string of the molecule is O=C1[C@H]2CC=CC[C@H]2C(=O)N1c1cc(Br)ccc1Cl. The van der Waals surface area contributed by atoms with E-state index >= 15 is 0 Å². The highest BCUT2D eigenvalue weighted by atomic mass is 79.9. The minimum absolute atomic E-state index is 0.139. The van der Waals surface area contributed by atoms with Crippen molar-refractivity contribution in [3.63, 3.8) is 0 Å². The largest absolute Gasteiger partial charge is 0.274 e. The van der Waals surface area contributed by atoms with Crippen molar-refractivity contribution in [3.05, 3.63) is 39.8 Å². The van der Waals surface area contributed by atoms with Crippen molar-refractivity contribution < 1.29 is 9.59 Å². The molecule has 0 saturated carbocycles. The Morgan fingerprint density at radius 2 is 1.68 bits per heavy atom. The average molecular weight is 341 g/mol. The predicted octanol–water partition coefficient (Wildman–Crippen LogP) is 3.56. The summed E-state index contributed by atoms with van der Waals surface area (Å²) < 4.78 is 0.792. The molecule has 98 valence electrons. The van der Waals surface area contributed by atoms with Crippen LogP contribution in [0.25, 0.3) is 0 Å². The molecule has 0 spiro atoms. The second-order valence-corrected chi connectivity index (χ2v) is 6.09. The molecule has 3 nitrogen and oxygen atoms in total. The van der Waals surface area contributed by atoms with Crippen molar-refractivity contribution >= 4 is 45.0 Å². The normalized spacial score (nSPS) is 25.9. The van der Waals surface area contributed by atoms with Gasteiger partial charge in [-0.25, -0.2) is 4.90 Å². The maximum Gasteiger partial charge on any atom is 0.238 e. The van der Waals surface area contributed by atoms with E-state index in [9.17, 15) is 9.59 Å². The average Bonchev–Trinajstić information content (AvgIpc) is 2.66. The number of allylic oxidation sites excluding steroid dienone is 2. The molecule has 2 atom stereocenters. The second-order valence-electron chi connectivity index (χ2n) is 4.76. The van der Waals surface area contributed by atoms with Crippen molar-refractivity contribution in [2.75, 3.05) is 4.90 Å². The third kappa shape index (κ3) is 2.03. The minimum Gasteiger partial charge on any atom is -0.274 e. The van der Waals surface area contributed by atoms with Crippen molar-refractivity contribution in [1.82, 2.24) is 0 Å². The Hall–Kier alpha value is -1.13. The molecule has 1 aromatic carbocycles. The molecular formula is C14H11BrClNO2. The molecular weight excluding hydrogens is 330 g/mol. The van der Waals surface area contributed by atoms with Crippen LogP contribution < -0.4 is 4.90 Å². The van der Waals surface area contributed by atoms with Crippen LogP contribution >= 0.6 is 27.5 Å². The third-order valence-electron chi connectivity index (χ3n) is 3.66. The molecule has 3 rings (SSSR count). The zero-order valence-electron chi connectivity index (χ0n) is 9.98. The van der Waals surface area contributed by atoms with Crippen LogP contribution in [0.3, 0.4) is 0 Å². The number of hydrogen-bond donors (Lipinski definition) is 0. The Morgan fingerprint density at radius 3 is 2.26 bits per heavy atom. The van der Waals surface area contributed by atoms with E-state index < -0.39 is 0 Å². The summed E-state index contributed by atoms with van der Waals surface area (Å²) >= 11 is 9.46. The molecule has 0 N–H and O–H groups in total. The van der Waals surface area contributed by atoms with Crippen molar-refractivity contribution in [1.29, 1.82) is 0 Å². The Kier molecular flexibility index (Phi) is 3.23. The standard InChI is InChI=1S/C14H11BrClNO2/c15-8-5-6-11(16)12(7-8)17-13(18)9-3-1-2-4-10(9)14(17)19/h1-2,5-7,9-10H,3-4H2/t9-,10+. The summed E-state index contributed by atoms with van der Waals surface area (Å²) in [5.74, 6) is -0.737. The van der Waals surface area contributed by atoms with Crippen LogP contribution in [0.2, 0.25) is 5.02 Å². The molecule has 0 unspecified atom stereocenters. The van der Waals surface area contributed by atoms with Crippen molar-refractivity contribution in [3.8, 4) is 0 Å². The molecule has 1 fully saturated rings. The van der Waals surface area contributed by atoms with Gasteiger partial charge in [-0.15, -0.1) is 0 Å². The van der Waals surface area contributed by atoms with E-state index in [0.29, 0.717) is 23.6 Å². The first-order valence-corrected chi connectivity index (χ1v) is 7.24. The number of imide groups is 1. The molecule has 2 amide bonds. The first kappa shape index (κ1) is 12.9. The fourth-order valence-corrected chi connectivity index (χ4v) is 3.25.